The molecule has 1 atom stereocenters. The van der Waals surface area contributed by atoms with Crippen LogP contribution in [0.5, 0.6) is 5.75 Å². The molecule has 0 aliphatic rings. The summed E-state index contributed by atoms with van der Waals surface area (Å²) in [5.41, 5.74) is 0.534. The van der Waals surface area contributed by atoms with Gasteiger partial charge in [-0.3, -0.25) is 4.79 Å². The summed E-state index contributed by atoms with van der Waals surface area (Å²) >= 11 is 0. The SMILES string of the molecule is CCOC(=O)[C@H](CCNC(=O)OCc1ccccc1)Oc1ccc(C(=O)CNC(=O)OC(C)(C)C)cc1. The second-order valence-electron chi connectivity index (χ2n) is 8.94. The first kappa shape index (κ1) is 29.2. The van der Waals surface area contributed by atoms with Crippen LogP contribution in [0, 0.1) is 0 Å². The fourth-order valence-electron chi connectivity index (χ4n) is 2.99. The molecule has 10 nitrogen and oxygen atoms in total. The number of esters is 1. The number of Topliss-reactive ketones (excluding diaryl/α,β-unsaturated/α-hetero) is 1. The van der Waals surface area contributed by atoms with Crippen LogP contribution in [-0.4, -0.2) is 55.3 Å². The van der Waals surface area contributed by atoms with E-state index in [1.165, 1.54) is 24.3 Å². The van der Waals surface area contributed by atoms with Gasteiger partial charge in [0.25, 0.3) is 0 Å². The van der Waals surface area contributed by atoms with Crippen molar-refractivity contribution in [2.75, 3.05) is 19.7 Å². The molecule has 0 unspecified atom stereocenters. The van der Waals surface area contributed by atoms with Crippen molar-refractivity contribution < 1.29 is 38.1 Å². The van der Waals surface area contributed by atoms with E-state index >= 15 is 0 Å². The van der Waals surface area contributed by atoms with Crippen LogP contribution >= 0.6 is 0 Å². The van der Waals surface area contributed by atoms with Gasteiger partial charge in [-0.25, -0.2) is 14.4 Å². The normalized spacial score (nSPS) is 11.6. The molecule has 0 fully saturated rings. The standard InChI is InChI=1S/C27H34N2O8/c1-5-34-24(31)23(15-16-28-25(32)35-18-19-9-7-6-8-10-19)36-21-13-11-20(12-14-21)22(30)17-29-26(33)37-27(2,3)4/h6-14,23H,5,15-18H2,1-4H3,(H,28,32)(H,29,33)/t23-/m0/s1. The molecule has 2 aromatic rings. The Labute approximate surface area is 216 Å². The fraction of sp³-hybridized carbons (Fsp3) is 0.407. The summed E-state index contributed by atoms with van der Waals surface area (Å²) in [6, 6.07) is 15.4. The number of alkyl carbamates (subject to hydrolysis) is 2. The summed E-state index contributed by atoms with van der Waals surface area (Å²) in [4.78, 5) is 48.4. The molecule has 0 aromatic heterocycles. The van der Waals surface area contributed by atoms with Gasteiger partial charge in [0.05, 0.1) is 13.2 Å². The number of benzene rings is 2. The molecule has 0 heterocycles. The Morgan fingerprint density at radius 3 is 2.16 bits per heavy atom. The van der Waals surface area contributed by atoms with Gasteiger partial charge in [0.15, 0.2) is 11.9 Å². The van der Waals surface area contributed by atoms with E-state index in [4.69, 9.17) is 18.9 Å². The van der Waals surface area contributed by atoms with E-state index < -0.39 is 29.9 Å². The van der Waals surface area contributed by atoms with Gasteiger partial charge in [-0.15, -0.1) is 0 Å². The minimum Gasteiger partial charge on any atom is -0.479 e. The van der Waals surface area contributed by atoms with Gasteiger partial charge in [0.2, 0.25) is 0 Å². The Morgan fingerprint density at radius 1 is 0.865 bits per heavy atom. The molecular weight excluding hydrogens is 480 g/mol. The third-order valence-electron chi connectivity index (χ3n) is 4.68. The third-order valence-corrected chi connectivity index (χ3v) is 4.68. The maximum absolute atomic E-state index is 12.4. The van der Waals surface area contributed by atoms with Gasteiger partial charge in [0, 0.05) is 18.5 Å². The topological polar surface area (TPSA) is 129 Å². The van der Waals surface area contributed by atoms with Crippen molar-refractivity contribution in [1.29, 1.82) is 0 Å². The van der Waals surface area contributed by atoms with Crippen LogP contribution in [0.4, 0.5) is 9.59 Å². The second-order valence-corrected chi connectivity index (χ2v) is 8.94. The highest BCUT2D eigenvalue weighted by atomic mass is 16.6. The second kappa shape index (κ2) is 14.5. The first-order valence-corrected chi connectivity index (χ1v) is 12.0. The van der Waals surface area contributed by atoms with Gasteiger partial charge in [-0.2, -0.15) is 0 Å². The summed E-state index contributed by atoms with van der Waals surface area (Å²) in [6.07, 6.45) is -2.14. The van der Waals surface area contributed by atoms with E-state index in [1.807, 2.05) is 30.3 Å². The van der Waals surface area contributed by atoms with Gasteiger partial charge in [-0.05, 0) is 57.5 Å². The van der Waals surface area contributed by atoms with E-state index in [-0.39, 0.29) is 38.5 Å². The Morgan fingerprint density at radius 2 is 1.54 bits per heavy atom. The van der Waals surface area contributed by atoms with Crippen molar-refractivity contribution >= 4 is 23.9 Å². The van der Waals surface area contributed by atoms with Crippen LogP contribution in [0.3, 0.4) is 0 Å². The van der Waals surface area contributed by atoms with Crippen LogP contribution in [0.25, 0.3) is 0 Å². The monoisotopic (exact) mass is 514 g/mol. The zero-order valence-corrected chi connectivity index (χ0v) is 21.6. The number of amides is 2. The molecule has 2 aromatic carbocycles. The van der Waals surface area contributed by atoms with Gasteiger partial charge in [-0.1, -0.05) is 30.3 Å². The summed E-state index contributed by atoms with van der Waals surface area (Å²) in [5, 5.41) is 5.00. The van der Waals surface area contributed by atoms with E-state index in [9.17, 15) is 19.2 Å². The van der Waals surface area contributed by atoms with Gasteiger partial charge < -0.3 is 29.6 Å². The lowest BCUT2D eigenvalue weighted by molar-refractivity contribution is -0.151. The first-order valence-electron chi connectivity index (χ1n) is 12.0. The lowest BCUT2D eigenvalue weighted by atomic mass is 10.1. The number of rotatable bonds is 12. The quantitative estimate of drug-likeness (QED) is 0.247. The van der Waals surface area contributed by atoms with Gasteiger partial charge >= 0.3 is 18.2 Å². The highest BCUT2D eigenvalue weighted by molar-refractivity contribution is 5.99. The predicted octanol–water partition coefficient (Wildman–Crippen LogP) is 4.02. The molecule has 37 heavy (non-hydrogen) atoms. The number of hydrogen-bond acceptors (Lipinski definition) is 8. The molecular formula is C27H34N2O8. The lowest BCUT2D eigenvalue weighted by Gasteiger charge is -2.19. The number of carbonyl (C=O) groups excluding carboxylic acids is 4. The average molecular weight is 515 g/mol. The molecule has 2 rings (SSSR count). The zero-order chi connectivity index (χ0) is 27.3. The van der Waals surface area contributed by atoms with Crippen LogP contribution in [0.2, 0.25) is 0 Å². The molecule has 0 radical (unpaired) electrons. The van der Waals surface area contributed by atoms with Gasteiger partial charge in [0.1, 0.15) is 18.0 Å². The highest BCUT2D eigenvalue weighted by Crippen LogP contribution is 2.16. The molecule has 0 saturated heterocycles. The summed E-state index contributed by atoms with van der Waals surface area (Å²) < 4.78 is 21.1. The molecule has 200 valence electrons. The molecule has 0 spiro atoms. The van der Waals surface area contributed by atoms with Crippen molar-refractivity contribution in [2.45, 2.75) is 52.4 Å². The number of hydrogen-bond donors (Lipinski definition) is 2. The Balaban J connectivity index is 1.86. The smallest absolute Gasteiger partial charge is 0.408 e. The number of carbonyl (C=O) groups is 4. The van der Waals surface area contributed by atoms with Crippen molar-refractivity contribution in [3.63, 3.8) is 0 Å². The van der Waals surface area contributed by atoms with E-state index in [1.54, 1.807) is 27.7 Å². The van der Waals surface area contributed by atoms with Crippen LogP contribution in [0.1, 0.15) is 50.0 Å². The third kappa shape index (κ3) is 11.5. The van der Waals surface area contributed by atoms with Crippen molar-refractivity contribution in [3.05, 3.63) is 65.7 Å². The molecule has 0 aliphatic carbocycles. The van der Waals surface area contributed by atoms with Crippen molar-refractivity contribution in [2.24, 2.45) is 0 Å². The summed E-state index contributed by atoms with van der Waals surface area (Å²) in [6.45, 7) is 7.04. The average Bonchev–Trinajstić information content (AvgIpc) is 2.85. The Kier molecular flexibility index (Phi) is 11.4. The molecule has 0 saturated carbocycles. The molecule has 10 heteroatoms. The van der Waals surface area contributed by atoms with Crippen molar-refractivity contribution in [1.82, 2.24) is 10.6 Å². The van der Waals surface area contributed by atoms with E-state index in [0.717, 1.165) is 5.56 Å². The zero-order valence-electron chi connectivity index (χ0n) is 21.6. The van der Waals surface area contributed by atoms with Crippen LogP contribution < -0.4 is 15.4 Å². The summed E-state index contributed by atoms with van der Waals surface area (Å²) in [7, 11) is 0. The van der Waals surface area contributed by atoms with E-state index in [2.05, 4.69) is 10.6 Å². The molecule has 0 bridgehead atoms. The van der Waals surface area contributed by atoms with Crippen LogP contribution in [-0.2, 0) is 25.6 Å². The first-order chi connectivity index (χ1) is 17.6. The molecule has 0 aliphatic heterocycles. The maximum atomic E-state index is 12.4. The lowest BCUT2D eigenvalue weighted by Crippen LogP contribution is -2.35. The minimum atomic E-state index is -0.982. The number of ketones is 1. The fourth-order valence-corrected chi connectivity index (χ4v) is 2.99. The number of nitrogens with one attached hydrogen (secondary N) is 2. The predicted molar refractivity (Wildman–Crippen MR) is 135 cm³/mol. The minimum absolute atomic E-state index is 0.115. The number of ether oxygens (including phenoxy) is 4. The van der Waals surface area contributed by atoms with Crippen LogP contribution in [0.15, 0.2) is 54.6 Å². The molecule has 2 N–H and O–H groups in total. The summed E-state index contributed by atoms with van der Waals surface area (Å²) in [5.74, 6) is -0.567. The Bertz CT molecular complexity index is 1030. The highest BCUT2D eigenvalue weighted by Gasteiger charge is 2.22. The largest absolute Gasteiger partial charge is 0.479 e. The molecule has 2 amide bonds. The van der Waals surface area contributed by atoms with E-state index in [0.29, 0.717) is 11.3 Å². The Hall–Kier alpha value is -4.08. The maximum Gasteiger partial charge on any atom is 0.408 e. The van der Waals surface area contributed by atoms with Crippen molar-refractivity contribution in [3.8, 4) is 5.75 Å².